The maximum atomic E-state index is 5.67. The maximum Gasteiger partial charge on any atom is 0.124 e. The van der Waals surface area contributed by atoms with Crippen molar-refractivity contribution in [2.75, 3.05) is 11.9 Å². The van der Waals surface area contributed by atoms with Gasteiger partial charge in [0, 0.05) is 15.7 Å². The first-order valence-corrected chi connectivity index (χ1v) is 7.24. The minimum Gasteiger partial charge on any atom is -0.494 e. The number of hydrogen-bond acceptors (Lipinski definition) is 2. The highest BCUT2D eigenvalue weighted by molar-refractivity contribution is 9.10. The summed E-state index contributed by atoms with van der Waals surface area (Å²) < 4.78 is 6.75. The zero-order valence-electron chi connectivity index (χ0n) is 11.2. The van der Waals surface area contributed by atoms with Gasteiger partial charge in [-0.2, -0.15) is 0 Å². The molecule has 0 aliphatic rings. The summed E-state index contributed by atoms with van der Waals surface area (Å²) in [4.78, 5) is 0. The van der Waals surface area contributed by atoms with Crippen LogP contribution in [0.1, 0.15) is 25.5 Å². The lowest BCUT2D eigenvalue weighted by atomic mass is 10.1. The van der Waals surface area contributed by atoms with Gasteiger partial charge in [0.05, 0.1) is 12.6 Å². The number of anilines is 1. The Bertz CT molecular complexity index is 525. The summed E-state index contributed by atoms with van der Waals surface area (Å²) >= 11 is 3.44. The van der Waals surface area contributed by atoms with Gasteiger partial charge in [-0.1, -0.05) is 34.1 Å². The molecule has 2 rings (SSSR count). The van der Waals surface area contributed by atoms with E-state index in [9.17, 15) is 0 Å². The van der Waals surface area contributed by atoms with E-state index in [4.69, 9.17) is 4.74 Å². The third kappa shape index (κ3) is 3.74. The molecule has 2 aromatic rings. The number of halogens is 1. The van der Waals surface area contributed by atoms with Crippen LogP contribution in [-0.4, -0.2) is 6.61 Å². The van der Waals surface area contributed by atoms with E-state index < -0.39 is 0 Å². The van der Waals surface area contributed by atoms with E-state index in [0.717, 1.165) is 15.9 Å². The van der Waals surface area contributed by atoms with Crippen LogP contribution in [0.4, 0.5) is 5.69 Å². The van der Waals surface area contributed by atoms with Gasteiger partial charge in [0.1, 0.15) is 5.75 Å². The lowest BCUT2D eigenvalue weighted by Gasteiger charge is -2.19. The molecule has 1 N–H and O–H groups in total. The average Bonchev–Trinajstić information content (AvgIpc) is 2.42. The molecule has 0 bridgehead atoms. The van der Waals surface area contributed by atoms with Crippen molar-refractivity contribution < 1.29 is 4.74 Å². The Morgan fingerprint density at radius 3 is 2.47 bits per heavy atom. The Hall–Kier alpha value is -1.48. The maximum absolute atomic E-state index is 5.67. The number of hydrogen-bond donors (Lipinski definition) is 1. The summed E-state index contributed by atoms with van der Waals surface area (Å²) in [5.41, 5.74) is 2.27. The second-order valence-corrected chi connectivity index (χ2v) is 5.26. The molecule has 0 heterocycles. The van der Waals surface area contributed by atoms with Crippen LogP contribution in [0.15, 0.2) is 53.0 Å². The highest BCUT2D eigenvalue weighted by Crippen LogP contribution is 2.28. The Kier molecular flexibility index (Phi) is 4.86. The quantitative estimate of drug-likeness (QED) is 0.835. The molecule has 19 heavy (non-hydrogen) atoms. The molecule has 100 valence electrons. The van der Waals surface area contributed by atoms with Crippen molar-refractivity contribution in [1.82, 2.24) is 0 Å². The first-order valence-electron chi connectivity index (χ1n) is 6.44. The first kappa shape index (κ1) is 13.9. The van der Waals surface area contributed by atoms with Gasteiger partial charge in [0.2, 0.25) is 0 Å². The fraction of sp³-hybridized carbons (Fsp3) is 0.250. The normalized spacial score (nSPS) is 11.9. The monoisotopic (exact) mass is 319 g/mol. The lowest BCUT2D eigenvalue weighted by Crippen LogP contribution is -2.08. The molecule has 2 aromatic carbocycles. The molecule has 0 aromatic heterocycles. The van der Waals surface area contributed by atoms with Crippen LogP contribution in [0.2, 0.25) is 0 Å². The minimum atomic E-state index is 0.198. The van der Waals surface area contributed by atoms with Gasteiger partial charge in [0.25, 0.3) is 0 Å². The summed E-state index contributed by atoms with van der Waals surface area (Å²) in [7, 11) is 0. The number of nitrogens with one attached hydrogen (secondary N) is 1. The van der Waals surface area contributed by atoms with Crippen molar-refractivity contribution in [2.24, 2.45) is 0 Å². The lowest BCUT2D eigenvalue weighted by molar-refractivity contribution is 0.335. The van der Waals surface area contributed by atoms with E-state index in [1.807, 2.05) is 37.3 Å². The molecule has 2 nitrogen and oxygen atoms in total. The summed E-state index contributed by atoms with van der Waals surface area (Å²) in [6.07, 6.45) is 0. The zero-order valence-corrected chi connectivity index (χ0v) is 12.8. The van der Waals surface area contributed by atoms with Crippen LogP contribution in [0.5, 0.6) is 5.75 Å². The molecule has 3 heteroatoms. The molecule has 0 aliphatic carbocycles. The van der Waals surface area contributed by atoms with Crippen molar-refractivity contribution in [3.8, 4) is 5.75 Å². The van der Waals surface area contributed by atoms with Gasteiger partial charge in [-0.25, -0.2) is 0 Å². The van der Waals surface area contributed by atoms with Gasteiger partial charge >= 0.3 is 0 Å². The largest absolute Gasteiger partial charge is 0.494 e. The number of benzene rings is 2. The second kappa shape index (κ2) is 6.62. The Morgan fingerprint density at radius 1 is 1.11 bits per heavy atom. The van der Waals surface area contributed by atoms with E-state index in [1.165, 1.54) is 5.56 Å². The van der Waals surface area contributed by atoms with Crippen LogP contribution >= 0.6 is 15.9 Å². The molecular weight excluding hydrogens is 302 g/mol. The Morgan fingerprint density at radius 2 is 1.79 bits per heavy atom. The van der Waals surface area contributed by atoms with Gasteiger partial charge in [-0.3, -0.25) is 0 Å². The third-order valence-electron chi connectivity index (χ3n) is 2.91. The average molecular weight is 320 g/mol. The standard InChI is InChI=1S/C16H18BrNO/c1-3-19-16-7-5-4-6-15(16)12(2)18-14-10-8-13(17)9-11-14/h4-12,18H,3H2,1-2H3. The molecule has 1 atom stereocenters. The zero-order chi connectivity index (χ0) is 13.7. The minimum absolute atomic E-state index is 0.198. The van der Waals surface area contributed by atoms with Crippen LogP contribution < -0.4 is 10.1 Å². The second-order valence-electron chi connectivity index (χ2n) is 4.34. The molecule has 0 spiro atoms. The van der Waals surface area contributed by atoms with E-state index in [-0.39, 0.29) is 6.04 Å². The molecular formula is C16H18BrNO. The number of para-hydroxylation sites is 1. The van der Waals surface area contributed by atoms with E-state index in [0.29, 0.717) is 6.61 Å². The van der Waals surface area contributed by atoms with Gasteiger partial charge in [-0.05, 0) is 44.2 Å². The smallest absolute Gasteiger partial charge is 0.124 e. The van der Waals surface area contributed by atoms with Gasteiger partial charge < -0.3 is 10.1 Å². The van der Waals surface area contributed by atoms with Crippen LogP contribution in [0.25, 0.3) is 0 Å². The first-order chi connectivity index (χ1) is 9.20. The fourth-order valence-corrected chi connectivity index (χ4v) is 2.26. The van der Waals surface area contributed by atoms with Crippen LogP contribution in [-0.2, 0) is 0 Å². The summed E-state index contributed by atoms with van der Waals surface area (Å²) in [6, 6.07) is 16.5. The van der Waals surface area contributed by atoms with Crippen LogP contribution in [0, 0.1) is 0 Å². The van der Waals surface area contributed by atoms with E-state index >= 15 is 0 Å². The van der Waals surface area contributed by atoms with Crippen molar-refractivity contribution >= 4 is 21.6 Å². The van der Waals surface area contributed by atoms with Gasteiger partial charge in [-0.15, -0.1) is 0 Å². The predicted octanol–water partition coefficient (Wildman–Crippen LogP) is 5.02. The topological polar surface area (TPSA) is 21.3 Å². The van der Waals surface area contributed by atoms with Crippen molar-refractivity contribution in [3.05, 3.63) is 58.6 Å². The van der Waals surface area contributed by atoms with Crippen molar-refractivity contribution in [3.63, 3.8) is 0 Å². The summed E-state index contributed by atoms with van der Waals surface area (Å²) in [6.45, 7) is 4.82. The van der Waals surface area contributed by atoms with E-state index in [1.54, 1.807) is 0 Å². The Labute approximate surface area is 122 Å². The predicted molar refractivity (Wildman–Crippen MR) is 83.8 cm³/mol. The third-order valence-corrected chi connectivity index (χ3v) is 3.44. The molecule has 0 saturated heterocycles. The highest BCUT2D eigenvalue weighted by atomic mass is 79.9. The van der Waals surface area contributed by atoms with E-state index in [2.05, 4.69) is 46.4 Å². The van der Waals surface area contributed by atoms with Gasteiger partial charge in [0.15, 0.2) is 0 Å². The SMILES string of the molecule is CCOc1ccccc1C(C)Nc1ccc(Br)cc1. The molecule has 1 unspecified atom stereocenters. The summed E-state index contributed by atoms with van der Waals surface area (Å²) in [5, 5.41) is 3.48. The molecule has 0 saturated carbocycles. The molecule has 0 fully saturated rings. The molecule has 0 amide bonds. The number of rotatable bonds is 5. The highest BCUT2D eigenvalue weighted by Gasteiger charge is 2.10. The van der Waals surface area contributed by atoms with Crippen molar-refractivity contribution in [2.45, 2.75) is 19.9 Å². The fourth-order valence-electron chi connectivity index (χ4n) is 2.00. The van der Waals surface area contributed by atoms with Crippen LogP contribution in [0.3, 0.4) is 0 Å². The molecule has 0 aliphatic heterocycles. The van der Waals surface area contributed by atoms with Crippen molar-refractivity contribution in [1.29, 1.82) is 0 Å². The Balaban J connectivity index is 2.15. The summed E-state index contributed by atoms with van der Waals surface area (Å²) in [5.74, 6) is 0.946. The molecule has 0 radical (unpaired) electrons. The number of ether oxygens (including phenoxy) is 1.